The van der Waals surface area contributed by atoms with Crippen molar-refractivity contribution in [1.29, 1.82) is 0 Å². The highest BCUT2D eigenvalue weighted by Gasteiger charge is 2.28. The fourth-order valence-electron chi connectivity index (χ4n) is 2.90. The van der Waals surface area contributed by atoms with Crippen LogP contribution in [0.4, 0.5) is 5.82 Å². The van der Waals surface area contributed by atoms with Crippen LogP contribution in [0.1, 0.15) is 20.8 Å². The number of nitrogens with one attached hydrogen (secondary N) is 1. The van der Waals surface area contributed by atoms with Crippen LogP contribution in [0.3, 0.4) is 0 Å². The van der Waals surface area contributed by atoms with Gasteiger partial charge in [-0.3, -0.25) is 14.3 Å². The van der Waals surface area contributed by atoms with E-state index >= 15 is 0 Å². The van der Waals surface area contributed by atoms with E-state index in [0.717, 1.165) is 6.26 Å². The van der Waals surface area contributed by atoms with Crippen molar-refractivity contribution in [2.45, 2.75) is 0 Å². The van der Waals surface area contributed by atoms with Crippen LogP contribution in [0.2, 0.25) is 5.02 Å². The normalized spacial score (nSPS) is 15.5. The zero-order valence-electron chi connectivity index (χ0n) is 15.4. The van der Waals surface area contributed by atoms with Gasteiger partial charge in [0.05, 0.1) is 16.8 Å². The van der Waals surface area contributed by atoms with Gasteiger partial charge in [-0.05, 0) is 12.1 Å². The maximum atomic E-state index is 12.7. The van der Waals surface area contributed by atoms with E-state index in [1.54, 1.807) is 36.2 Å². The second kappa shape index (κ2) is 7.90. The molecule has 1 aromatic heterocycles. The van der Waals surface area contributed by atoms with E-state index in [9.17, 15) is 18.0 Å². The largest absolute Gasteiger partial charge is 0.335 e. The first-order valence-electron chi connectivity index (χ1n) is 8.51. The van der Waals surface area contributed by atoms with Gasteiger partial charge in [-0.1, -0.05) is 23.7 Å². The van der Waals surface area contributed by atoms with Crippen LogP contribution in [0, 0.1) is 0 Å². The number of halogens is 1. The Kier molecular flexibility index (Phi) is 5.73. The van der Waals surface area contributed by atoms with E-state index in [-0.39, 0.29) is 37.8 Å². The van der Waals surface area contributed by atoms with Crippen LogP contribution >= 0.6 is 11.6 Å². The highest BCUT2D eigenvalue weighted by atomic mass is 35.5. The van der Waals surface area contributed by atoms with E-state index in [2.05, 4.69) is 10.4 Å². The summed E-state index contributed by atoms with van der Waals surface area (Å²) in [6.07, 6.45) is 1.15. The minimum atomic E-state index is -3.27. The molecule has 2 heterocycles. The molecule has 3 rings (SSSR count). The smallest absolute Gasteiger partial charge is 0.274 e. The van der Waals surface area contributed by atoms with Crippen LogP contribution in [-0.4, -0.2) is 71.7 Å². The van der Waals surface area contributed by atoms with Crippen molar-refractivity contribution in [3.05, 3.63) is 46.6 Å². The summed E-state index contributed by atoms with van der Waals surface area (Å²) in [4.78, 5) is 26.6. The Morgan fingerprint density at radius 2 is 1.79 bits per heavy atom. The lowest BCUT2D eigenvalue weighted by Gasteiger charge is -2.32. The molecular weight excluding hydrogens is 406 g/mol. The molecule has 1 aliphatic rings. The van der Waals surface area contributed by atoms with Gasteiger partial charge in [-0.2, -0.15) is 9.40 Å². The lowest BCUT2D eigenvalue weighted by Crippen LogP contribution is -2.50. The van der Waals surface area contributed by atoms with Gasteiger partial charge in [-0.25, -0.2) is 8.42 Å². The van der Waals surface area contributed by atoms with Crippen molar-refractivity contribution >= 4 is 39.3 Å². The first kappa shape index (κ1) is 20.3. The minimum absolute atomic E-state index is 0.171. The van der Waals surface area contributed by atoms with Crippen molar-refractivity contribution in [2.24, 2.45) is 7.05 Å². The summed E-state index contributed by atoms with van der Waals surface area (Å²) < 4.78 is 25.9. The summed E-state index contributed by atoms with van der Waals surface area (Å²) in [6, 6.07) is 8.13. The van der Waals surface area contributed by atoms with Crippen molar-refractivity contribution in [1.82, 2.24) is 19.0 Å². The minimum Gasteiger partial charge on any atom is -0.335 e. The number of sulfonamides is 1. The third kappa shape index (κ3) is 4.34. The predicted molar refractivity (Wildman–Crippen MR) is 105 cm³/mol. The zero-order valence-corrected chi connectivity index (χ0v) is 17.0. The molecule has 1 fully saturated rings. The number of carbonyl (C=O) groups excluding carboxylic acids is 2. The molecule has 11 heteroatoms. The molecule has 0 radical (unpaired) electrons. The standard InChI is InChI=1S/C17H20ClN5O4S/c1-21-15(19-16(24)12-5-3-4-6-13(12)18)11-14(20-21)17(25)22-7-9-23(10-8-22)28(2,26)27/h3-6,11H,7-10H2,1-2H3,(H,19,24). The second-order valence-corrected chi connectivity index (χ2v) is 8.82. The Morgan fingerprint density at radius 3 is 2.39 bits per heavy atom. The molecule has 1 N–H and O–H groups in total. The van der Waals surface area contributed by atoms with Crippen LogP contribution in [0.25, 0.3) is 0 Å². The monoisotopic (exact) mass is 425 g/mol. The summed E-state index contributed by atoms with van der Waals surface area (Å²) in [5.74, 6) is -0.376. The molecule has 0 atom stereocenters. The van der Waals surface area contributed by atoms with E-state index in [1.807, 2.05) is 0 Å². The molecule has 1 aromatic carbocycles. The van der Waals surface area contributed by atoms with E-state index < -0.39 is 15.9 Å². The Hall–Kier alpha value is -2.43. The van der Waals surface area contributed by atoms with Gasteiger partial charge in [0.15, 0.2) is 5.69 Å². The van der Waals surface area contributed by atoms with Crippen molar-refractivity contribution < 1.29 is 18.0 Å². The van der Waals surface area contributed by atoms with Gasteiger partial charge in [0.25, 0.3) is 11.8 Å². The fraction of sp³-hybridized carbons (Fsp3) is 0.353. The molecule has 0 saturated carbocycles. The number of hydrogen-bond donors (Lipinski definition) is 1. The lowest BCUT2D eigenvalue weighted by molar-refractivity contribution is 0.0691. The Labute approximate surface area is 167 Å². The molecule has 0 spiro atoms. The molecule has 0 unspecified atom stereocenters. The van der Waals surface area contributed by atoms with Gasteiger partial charge in [0.1, 0.15) is 5.82 Å². The Balaban J connectivity index is 1.69. The maximum Gasteiger partial charge on any atom is 0.274 e. The van der Waals surface area contributed by atoms with Crippen molar-refractivity contribution in [2.75, 3.05) is 37.8 Å². The lowest BCUT2D eigenvalue weighted by atomic mass is 10.2. The van der Waals surface area contributed by atoms with Crippen LogP contribution in [-0.2, 0) is 17.1 Å². The number of amides is 2. The molecular formula is C17H20ClN5O4S. The number of nitrogens with zero attached hydrogens (tertiary/aromatic N) is 4. The highest BCUT2D eigenvalue weighted by Crippen LogP contribution is 2.18. The molecule has 1 saturated heterocycles. The number of rotatable bonds is 4. The third-order valence-corrected chi connectivity index (χ3v) is 6.09. The number of anilines is 1. The number of hydrogen-bond acceptors (Lipinski definition) is 5. The number of benzene rings is 1. The summed E-state index contributed by atoms with van der Waals surface area (Å²) in [5.41, 5.74) is 0.486. The SMILES string of the molecule is Cn1nc(C(=O)N2CCN(S(C)(=O)=O)CC2)cc1NC(=O)c1ccccc1Cl. The van der Waals surface area contributed by atoms with Crippen LogP contribution in [0.5, 0.6) is 0 Å². The zero-order chi connectivity index (χ0) is 20.5. The van der Waals surface area contributed by atoms with Gasteiger partial charge < -0.3 is 10.2 Å². The number of aromatic nitrogens is 2. The maximum absolute atomic E-state index is 12.7. The fourth-order valence-corrected chi connectivity index (χ4v) is 3.95. The van der Waals surface area contributed by atoms with E-state index in [0.29, 0.717) is 16.4 Å². The number of carbonyl (C=O) groups is 2. The van der Waals surface area contributed by atoms with Crippen LogP contribution < -0.4 is 5.32 Å². The summed E-state index contributed by atoms with van der Waals surface area (Å²) in [5, 5.41) is 7.18. The molecule has 2 amide bonds. The predicted octanol–water partition coefficient (Wildman–Crippen LogP) is 1.04. The molecule has 0 aliphatic carbocycles. The third-order valence-electron chi connectivity index (χ3n) is 4.45. The van der Waals surface area contributed by atoms with Gasteiger partial charge in [0, 0.05) is 39.3 Å². The molecule has 0 bridgehead atoms. The highest BCUT2D eigenvalue weighted by molar-refractivity contribution is 7.88. The van der Waals surface area contributed by atoms with Crippen LogP contribution in [0.15, 0.2) is 30.3 Å². The molecule has 28 heavy (non-hydrogen) atoms. The number of piperazine rings is 1. The first-order chi connectivity index (χ1) is 13.2. The molecule has 1 aliphatic heterocycles. The molecule has 9 nitrogen and oxygen atoms in total. The van der Waals surface area contributed by atoms with Gasteiger partial charge >= 0.3 is 0 Å². The average molecular weight is 426 g/mol. The average Bonchev–Trinajstić information content (AvgIpc) is 3.01. The number of aryl methyl sites for hydroxylation is 1. The van der Waals surface area contributed by atoms with E-state index in [4.69, 9.17) is 11.6 Å². The Morgan fingerprint density at radius 1 is 1.14 bits per heavy atom. The molecule has 2 aromatic rings. The quantitative estimate of drug-likeness (QED) is 0.788. The van der Waals surface area contributed by atoms with Crippen molar-refractivity contribution in [3.63, 3.8) is 0 Å². The summed E-state index contributed by atoms with van der Waals surface area (Å²) >= 11 is 6.04. The summed E-state index contributed by atoms with van der Waals surface area (Å²) in [7, 11) is -1.66. The van der Waals surface area contributed by atoms with E-state index in [1.165, 1.54) is 15.1 Å². The second-order valence-electron chi connectivity index (χ2n) is 6.43. The van der Waals surface area contributed by atoms with Gasteiger partial charge in [0.2, 0.25) is 10.0 Å². The first-order valence-corrected chi connectivity index (χ1v) is 10.7. The molecule has 150 valence electrons. The van der Waals surface area contributed by atoms with Crippen molar-refractivity contribution in [3.8, 4) is 0 Å². The van der Waals surface area contributed by atoms with Gasteiger partial charge in [-0.15, -0.1) is 0 Å². The topological polar surface area (TPSA) is 105 Å². The summed E-state index contributed by atoms with van der Waals surface area (Å²) in [6.45, 7) is 1.05. The Bertz CT molecular complexity index is 1010.